The number of benzene rings is 1. The second-order valence-electron chi connectivity index (χ2n) is 6.97. The van der Waals surface area contributed by atoms with Crippen LogP contribution in [0.5, 0.6) is 0 Å². The molecule has 2 heterocycles. The SMILES string of the molecule is Cc1nnc(SCC(=O)Nc2sc3c(c2C#N)CCCC3)n1Cc1ccccc1. The van der Waals surface area contributed by atoms with E-state index in [-0.39, 0.29) is 11.7 Å². The average Bonchev–Trinajstić information content (AvgIpc) is 3.27. The van der Waals surface area contributed by atoms with E-state index in [1.165, 1.54) is 16.6 Å². The molecule has 1 aliphatic carbocycles. The summed E-state index contributed by atoms with van der Waals surface area (Å²) in [5, 5.41) is 22.3. The summed E-state index contributed by atoms with van der Waals surface area (Å²) in [5.74, 6) is 0.909. The van der Waals surface area contributed by atoms with Gasteiger partial charge in [-0.3, -0.25) is 4.79 Å². The van der Waals surface area contributed by atoms with Gasteiger partial charge in [-0.2, -0.15) is 5.26 Å². The Labute approximate surface area is 178 Å². The van der Waals surface area contributed by atoms with Crippen LogP contribution in [-0.2, 0) is 24.2 Å². The fourth-order valence-corrected chi connectivity index (χ4v) is 5.52. The van der Waals surface area contributed by atoms with Gasteiger partial charge in [-0.25, -0.2) is 0 Å². The number of anilines is 1. The molecule has 0 atom stereocenters. The highest BCUT2D eigenvalue weighted by atomic mass is 32.2. The Morgan fingerprint density at radius 1 is 1.28 bits per heavy atom. The van der Waals surface area contributed by atoms with Crippen molar-refractivity contribution in [1.82, 2.24) is 14.8 Å². The molecule has 1 aliphatic rings. The van der Waals surface area contributed by atoms with Crippen LogP contribution in [0.1, 0.15) is 40.2 Å². The third-order valence-electron chi connectivity index (χ3n) is 4.95. The van der Waals surface area contributed by atoms with Gasteiger partial charge in [-0.1, -0.05) is 42.1 Å². The highest BCUT2D eigenvalue weighted by Crippen LogP contribution is 2.37. The summed E-state index contributed by atoms with van der Waals surface area (Å²) in [6.45, 7) is 2.58. The maximum absolute atomic E-state index is 12.6. The third-order valence-corrected chi connectivity index (χ3v) is 7.13. The predicted molar refractivity (Wildman–Crippen MR) is 115 cm³/mol. The number of nitrogens with one attached hydrogen (secondary N) is 1. The lowest BCUT2D eigenvalue weighted by Gasteiger charge is -2.09. The van der Waals surface area contributed by atoms with Crippen molar-refractivity contribution in [2.75, 3.05) is 11.1 Å². The van der Waals surface area contributed by atoms with E-state index in [4.69, 9.17) is 0 Å². The van der Waals surface area contributed by atoms with Crippen molar-refractivity contribution < 1.29 is 4.79 Å². The molecule has 8 heteroatoms. The predicted octanol–water partition coefficient (Wildman–Crippen LogP) is 4.18. The Morgan fingerprint density at radius 3 is 2.86 bits per heavy atom. The van der Waals surface area contributed by atoms with Gasteiger partial charge in [0, 0.05) is 4.88 Å². The highest BCUT2D eigenvalue weighted by molar-refractivity contribution is 7.99. The number of nitrogens with zero attached hydrogens (tertiary/aromatic N) is 4. The molecule has 0 bridgehead atoms. The van der Waals surface area contributed by atoms with Gasteiger partial charge in [-0.05, 0) is 43.7 Å². The summed E-state index contributed by atoms with van der Waals surface area (Å²) in [6, 6.07) is 12.4. The molecule has 0 unspecified atom stereocenters. The van der Waals surface area contributed by atoms with Crippen molar-refractivity contribution in [2.24, 2.45) is 0 Å². The molecule has 2 aromatic heterocycles. The van der Waals surface area contributed by atoms with Gasteiger partial charge < -0.3 is 9.88 Å². The molecule has 0 fully saturated rings. The zero-order valence-electron chi connectivity index (χ0n) is 16.1. The van der Waals surface area contributed by atoms with Crippen LogP contribution in [0.3, 0.4) is 0 Å². The largest absolute Gasteiger partial charge is 0.316 e. The molecule has 3 aromatic rings. The van der Waals surface area contributed by atoms with Gasteiger partial charge in [0.25, 0.3) is 0 Å². The Bertz CT molecular complexity index is 1060. The zero-order chi connectivity index (χ0) is 20.2. The molecule has 0 aliphatic heterocycles. The van der Waals surface area contributed by atoms with Gasteiger partial charge in [0.15, 0.2) is 5.16 Å². The molecule has 6 nitrogen and oxygen atoms in total. The molecule has 4 rings (SSSR count). The summed E-state index contributed by atoms with van der Waals surface area (Å²) in [7, 11) is 0. The minimum absolute atomic E-state index is 0.128. The smallest absolute Gasteiger partial charge is 0.235 e. The number of thioether (sulfide) groups is 1. The lowest BCUT2D eigenvalue weighted by molar-refractivity contribution is -0.113. The Balaban J connectivity index is 1.42. The van der Waals surface area contributed by atoms with E-state index >= 15 is 0 Å². The van der Waals surface area contributed by atoms with E-state index in [1.54, 1.807) is 11.3 Å². The van der Waals surface area contributed by atoms with E-state index < -0.39 is 0 Å². The number of hydrogen-bond donors (Lipinski definition) is 1. The van der Waals surface area contributed by atoms with E-state index in [9.17, 15) is 10.1 Å². The van der Waals surface area contributed by atoms with Crippen molar-refractivity contribution >= 4 is 34.0 Å². The average molecular weight is 424 g/mol. The first-order valence-corrected chi connectivity index (χ1v) is 11.4. The van der Waals surface area contributed by atoms with Gasteiger partial charge in [0.05, 0.1) is 17.9 Å². The monoisotopic (exact) mass is 423 g/mol. The van der Waals surface area contributed by atoms with Crippen molar-refractivity contribution in [3.8, 4) is 6.07 Å². The van der Waals surface area contributed by atoms with Crippen LogP contribution in [0, 0.1) is 18.3 Å². The van der Waals surface area contributed by atoms with Crippen LogP contribution in [0.25, 0.3) is 0 Å². The Hall–Kier alpha value is -2.63. The van der Waals surface area contributed by atoms with Crippen LogP contribution < -0.4 is 5.32 Å². The van der Waals surface area contributed by atoms with Crippen LogP contribution in [-0.4, -0.2) is 26.4 Å². The molecular weight excluding hydrogens is 402 g/mol. The molecule has 0 saturated carbocycles. The van der Waals surface area contributed by atoms with Crippen molar-refractivity contribution in [3.05, 3.63) is 57.7 Å². The normalized spacial score (nSPS) is 13.0. The number of carbonyl (C=O) groups excluding carboxylic acids is 1. The molecule has 0 saturated heterocycles. The first-order chi connectivity index (χ1) is 14.2. The maximum atomic E-state index is 12.6. The summed E-state index contributed by atoms with van der Waals surface area (Å²) >= 11 is 2.91. The van der Waals surface area contributed by atoms with E-state index in [0.29, 0.717) is 22.3 Å². The second kappa shape index (κ2) is 8.80. The Kier molecular flexibility index (Phi) is 5.97. The first-order valence-electron chi connectivity index (χ1n) is 9.56. The number of carbonyl (C=O) groups is 1. The number of nitriles is 1. The van der Waals surface area contributed by atoms with Crippen LogP contribution in [0.4, 0.5) is 5.00 Å². The fraction of sp³-hybridized carbons (Fsp3) is 0.333. The van der Waals surface area contributed by atoms with Gasteiger partial charge in [-0.15, -0.1) is 21.5 Å². The minimum Gasteiger partial charge on any atom is -0.316 e. The van der Waals surface area contributed by atoms with E-state index in [0.717, 1.165) is 42.6 Å². The molecular formula is C21H21N5OS2. The molecule has 1 aromatic carbocycles. The molecule has 148 valence electrons. The van der Waals surface area contributed by atoms with Crippen molar-refractivity contribution in [2.45, 2.75) is 44.3 Å². The van der Waals surface area contributed by atoms with E-state index in [1.807, 2.05) is 29.7 Å². The zero-order valence-corrected chi connectivity index (χ0v) is 17.8. The van der Waals surface area contributed by atoms with Gasteiger partial charge >= 0.3 is 0 Å². The number of hydrogen-bond acceptors (Lipinski definition) is 6. The number of aromatic nitrogens is 3. The van der Waals surface area contributed by atoms with Crippen molar-refractivity contribution in [1.29, 1.82) is 5.26 Å². The number of amides is 1. The topological polar surface area (TPSA) is 83.6 Å². The van der Waals surface area contributed by atoms with Crippen LogP contribution in [0.15, 0.2) is 35.5 Å². The quantitative estimate of drug-likeness (QED) is 0.602. The summed E-state index contributed by atoms with van der Waals surface area (Å²) in [4.78, 5) is 13.8. The van der Waals surface area contributed by atoms with Crippen molar-refractivity contribution in [3.63, 3.8) is 0 Å². The first kappa shape index (κ1) is 19.7. The maximum Gasteiger partial charge on any atom is 0.235 e. The highest BCUT2D eigenvalue weighted by Gasteiger charge is 2.22. The minimum atomic E-state index is -0.128. The summed E-state index contributed by atoms with van der Waals surface area (Å²) in [6.07, 6.45) is 4.19. The summed E-state index contributed by atoms with van der Waals surface area (Å²) in [5.41, 5.74) is 2.93. The number of rotatable bonds is 6. The number of fused-ring (bicyclic) bond motifs is 1. The third kappa shape index (κ3) is 4.36. The van der Waals surface area contributed by atoms with E-state index in [2.05, 4.69) is 33.7 Å². The molecule has 1 amide bonds. The molecule has 29 heavy (non-hydrogen) atoms. The lowest BCUT2D eigenvalue weighted by Crippen LogP contribution is -2.15. The standard InChI is InChI=1S/C21H21N5OS2/c1-14-24-25-21(26(14)12-15-7-3-2-4-8-15)28-13-19(27)23-20-17(11-22)16-9-5-6-10-18(16)29-20/h2-4,7-8H,5-6,9-10,12-13H2,1H3,(H,23,27). The van der Waals surface area contributed by atoms with Gasteiger partial charge in [0.1, 0.15) is 16.9 Å². The summed E-state index contributed by atoms with van der Waals surface area (Å²) < 4.78 is 2.01. The van der Waals surface area contributed by atoms with Crippen LogP contribution in [0.2, 0.25) is 0 Å². The number of aryl methyl sites for hydroxylation is 2. The fourth-order valence-electron chi connectivity index (χ4n) is 3.48. The molecule has 0 radical (unpaired) electrons. The molecule has 0 spiro atoms. The second-order valence-corrected chi connectivity index (χ2v) is 9.01. The van der Waals surface area contributed by atoms with Crippen LogP contribution >= 0.6 is 23.1 Å². The Morgan fingerprint density at radius 2 is 2.07 bits per heavy atom. The molecule has 1 N–H and O–H groups in total. The van der Waals surface area contributed by atoms with Gasteiger partial charge in [0.2, 0.25) is 5.91 Å². The number of thiophene rings is 1. The lowest BCUT2D eigenvalue weighted by atomic mass is 9.96.